The molecular weight excluding hydrogens is 366 g/mol. The third-order valence-electron chi connectivity index (χ3n) is 4.09. The Balaban J connectivity index is 2.20. The van der Waals surface area contributed by atoms with E-state index < -0.39 is 0 Å². The van der Waals surface area contributed by atoms with Crippen LogP contribution >= 0.6 is 11.8 Å². The minimum absolute atomic E-state index is 0.622. The SMILES string of the molecule is COc1ccc(-n2c(SC)nnc2-c2ccc(OC)c(OC)c2)c(OC)c1. The first kappa shape index (κ1) is 18.9. The van der Waals surface area contributed by atoms with E-state index in [1.165, 1.54) is 11.8 Å². The number of rotatable bonds is 7. The molecule has 1 aromatic heterocycles. The standard InChI is InChI=1S/C19H21N3O4S/c1-23-13-7-8-14(16(11-13)25-3)22-18(20-21-19(22)27-5)12-6-9-15(24-2)17(10-12)26-4/h6-11H,1-5H3. The molecule has 7 nitrogen and oxygen atoms in total. The number of aromatic nitrogens is 3. The van der Waals surface area contributed by atoms with E-state index in [1.807, 2.05) is 47.2 Å². The van der Waals surface area contributed by atoms with Crippen LogP contribution in [0.1, 0.15) is 0 Å². The lowest BCUT2D eigenvalue weighted by atomic mass is 10.1. The lowest BCUT2D eigenvalue weighted by Gasteiger charge is -2.15. The summed E-state index contributed by atoms with van der Waals surface area (Å²) in [5.74, 6) is 3.31. The summed E-state index contributed by atoms with van der Waals surface area (Å²) in [5.41, 5.74) is 1.66. The van der Waals surface area contributed by atoms with Crippen molar-refractivity contribution in [1.82, 2.24) is 14.8 Å². The number of methoxy groups -OCH3 is 4. The quantitative estimate of drug-likeness (QED) is 0.573. The van der Waals surface area contributed by atoms with Crippen LogP contribution in [0.3, 0.4) is 0 Å². The zero-order chi connectivity index (χ0) is 19.4. The number of thioether (sulfide) groups is 1. The summed E-state index contributed by atoms with van der Waals surface area (Å²) in [7, 11) is 6.45. The highest BCUT2D eigenvalue weighted by Crippen LogP contribution is 2.36. The van der Waals surface area contributed by atoms with Gasteiger partial charge in [0.2, 0.25) is 0 Å². The van der Waals surface area contributed by atoms with Gasteiger partial charge in [0, 0.05) is 11.6 Å². The Kier molecular flexibility index (Phi) is 5.75. The average molecular weight is 387 g/mol. The molecule has 0 bridgehead atoms. The highest BCUT2D eigenvalue weighted by molar-refractivity contribution is 7.98. The molecule has 0 unspecified atom stereocenters. The van der Waals surface area contributed by atoms with Crippen molar-refractivity contribution >= 4 is 11.8 Å². The Morgan fingerprint density at radius 3 is 2.15 bits per heavy atom. The van der Waals surface area contributed by atoms with E-state index >= 15 is 0 Å². The molecule has 3 rings (SSSR count). The van der Waals surface area contributed by atoms with E-state index in [2.05, 4.69) is 10.2 Å². The number of benzene rings is 2. The van der Waals surface area contributed by atoms with Crippen molar-refractivity contribution in [1.29, 1.82) is 0 Å². The van der Waals surface area contributed by atoms with Gasteiger partial charge in [-0.15, -0.1) is 10.2 Å². The van der Waals surface area contributed by atoms with Crippen molar-refractivity contribution in [2.75, 3.05) is 34.7 Å². The van der Waals surface area contributed by atoms with Crippen LogP contribution in [0.15, 0.2) is 41.6 Å². The summed E-state index contributed by atoms with van der Waals surface area (Å²) in [6, 6.07) is 11.3. The van der Waals surface area contributed by atoms with Crippen molar-refractivity contribution in [3.8, 4) is 40.1 Å². The molecule has 3 aromatic rings. The molecule has 0 aliphatic heterocycles. The number of nitrogens with zero attached hydrogens (tertiary/aromatic N) is 3. The lowest BCUT2D eigenvalue weighted by molar-refractivity contribution is 0.355. The largest absolute Gasteiger partial charge is 0.497 e. The highest BCUT2D eigenvalue weighted by Gasteiger charge is 2.20. The van der Waals surface area contributed by atoms with Crippen LogP contribution in [0.2, 0.25) is 0 Å². The maximum atomic E-state index is 5.57. The van der Waals surface area contributed by atoms with Crippen molar-refractivity contribution in [2.45, 2.75) is 5.16 Å². The molecule has 0 spiro atoms. The molecule has 0 N–H and O–H groups in total. The monoisotopic (exact) mass is 387 g/mol. The van der Waals surface area contributed by atoms with E-state index in [1.54, 1.807) is 28.4 Å². The minimum atomic E-state index is 0.622. The molecule has 0 atom stereocenters. The first-order chi connectivity index (χ1) is 13.2. The van der Waals surface area contributed by atoms with Gasteiger partial charge in [-0.1, -0.05) is 11.8 Å². The predicted octanol–water partition coefficient (Wildman–Crippen LogP) is 3.69. The van der Waals surface area contributed by atoms with Crippen molar-refractivity contribution in [3.05, 3.63) is 36.4 Å². The molecule has 1 heterocycles. The minimum Gasteiger partial charge on any atom is -0.497 e. The van der Waals surface area contributed by atoms with Gasteiger partial charge < -0.3 is 18.9 Å². The molecule has 0 aliphatic rings. The second kappa shape index (κ2) is 8.22. The summed E-state index contributed by atoms with van der Waals surface area (Å²) < 4.78 is 23.6. The normalized spacial score (nSPS) is 10.6. The molecule has 27 heavy (non-hydrogen) atoms. The Bertz CT molecular complexity index is 943. The van der Waals surface area contributed by atoms with Crippen molar-refractivity contribution < 1.29 is 18.9 Å². The summed E-state index contributed by atoms with van der Waals surface area (Å²) in [6.07, 6.45) is 1.95. The fraction of sp³-hybridized carbons (Fsp3) is 0.263. The second-order valence-electron chi connectivity index (χ2n) is 5.45. The van der Waals surface area contributed by atoms with Gasteiger partial charge >= 0.3 is 0 Å². The second-order valence-corrected chi connectivity index (χ2v) is 6.23. The van der Waals surface area contributed by atoms with Crippen LogP contribution in [0, 0.1) is 0 Å². The van der Waals surface area contributed by atoms with Crippen LogP contribution in [0.25, 0.3) is 17.1 Å². The summed E-state index contributed by atoms with van der Waals surface area (Å²) in [5, 5.41) is 9.45. The van der Waals surface area contributed by atoms with Crippen LogP contribution in [0.4, 0.5) is 0 Å². The Morgan fingerprint density at radius 1 is 0.778 bits per heavy atom. The molecule has 2 aromatic carbocycles. The van der Waals surface area contributed by atoms with Gasteiger partial charge in [-0.2, -0.15) is 0 Å². The fourth-order valence-electron chi connectivity index (χ4n) is 2.75. The van der Waals surface area contributed by atoms with E-state index in [0.29, 0.717) is 28.8 Å². The third kappa shape index (κ3) is 3.52. The van der Waals surface area contributed by atoms with Crippen LogP contribution in [-0.2, 0) is 0 Å². The smallest absolute Gasteiger partial charge is 0.195 e. The van der Waals surface area contributed by atoms with E-state index in [9.17, 15) is 0 Å². The third-order valence-corrected chi connectivity index (χ3v) is 4.71. The molecule has 0 saturated carbocycles. The zero-order valence-electron chi connectivity index (χ0n) is 15.8. The van der Waals surface area contributed by atoms with Gasteiger partial charge in [0.25, 0.3) is 0 Å². The Hall–Kier alpha value is -2.87. The molecule has 8 heteroatoms. The fourth-order valence-corrected chi connectivity index (χ4v) is 3.24. The maximum Gasteiger partial charge on any atom is 0.195 e. The average Bonchev–Trinajstić information content (AvgIpc) is 3.16. The zero-order valence-corrected chi connectivity index (χ0v) is 16.7. The topological polar surface area (TPSA) is 67.6 Å². The number of ether oxygens (including phenoxy) is 4. The molecule has 0 radical (unpaired) electrons. The molecule has 0 amide bonds. The van der Waals surface area contributed by atoms with Gasteiger partial charge in [0.05, 0.1) is 34.1 Å². The number of hydrogen-bond acceptors (Lipinski definition) is 7. The lowest BCUT2D eigenvalue weighted by Crippen LogP contribution is -2.03. The molecule has 0 aliphatic carbocycles. The van der Waals surface area contributed by atoms with Gasteiger partial charge in [0.1, 0.15) is 11.5 Å². The van der Waals surface area contributed by atoms with Crippen molar-refractivity contribution in [2.24, 2.45) is 0 Å². The van der Waals surface area contributed by atoms with Crippen molar-refractivity contribution in [3.63, 3.8) is 0 Å². The summed E-state index contributed by atoms with van der Waals surface area (Å²) in [4.78, 5) is 0. The first-order valence-corrected chi connectivity index (χ1v) is 9.33. The predicted molar refractivity (Wildman–Crippen MR) is 105 cm³/mol. The maximum absolute atomic E-state index is 5.57. The Labute approximate surface area is 162 Å². The summed E-state index contributed by atoms with van der Waals surface area (Å²) >= 11 is 1.50. The van der Waals surface area contributed by atoms with Gasteiger partial charge in [0.15, 0.2) is 22.5 Å². The van der Waals surface area contributed by atoms with Crippen LogP contribution in [0.5, 0.6) is 23.0 Å². The first-order valence-electron chi connectivity index (χ1n) is 8.11. The Morgan fingerprint density at radius 2 is 1.52 bits per heavy atom. The van der Waals surface area contributed by atoms with Gasteiger partial charge in [-0.3, -0.25) is 4.57 Å². The van der Waals surface area contributed by atoms with Crippen LogP contribution < -0.4 is 18.9 Å². The summed E-state index contributed by atoms with van der Waals surface area (Å²) in [6.45, 7) is 0. The van der Waals surface area contributed by atoms with Gasteiger partial charge in [-0.25, -0.2) is 0 Å². The van der Waals surface area contributed by atoms with Crippen LogP contribution in [-0.4, -0.2) is 49.5 Å². The number of hydrogen-bond donors (Lipinski definition) is 0. The molecule has 0 saturated heterocycles. The molecular formula is C19H21N3O4S. The molecule has 0 fully saturated rings. The van der Waals surface area contributed by atoms with E-state index in [4.69, 9.17) is 18.9 Å². The van der Waals surface area contributed by atoms with E-state index in [0.717, 1.165) is 16.4 Å². The molecule has 142 valence electrons. The van der Waals surface area contributed by atoms with E-state index in [-0.39, 0.29) is 0 Å². The van der Waals surface area contributed by atoms with Gasteiger partial charge in [-0.05, 0) is 36.6 Å². The highest BCUT2D eigenvalue weighted by atomic mass is 32.2.